The Labute approximate surface area is 239 Å². The van der Waals surface area contributed by atoms with E-state index in [-0.39, 0.29) is 5.56 Å². The van der Waals surface area contributed by atoms with Gasteiger partial charge in [0.05, 0.1) is 6.54 Å². The Morgan fingerprint density at radius 3 is 1.95 bits per heavy atom. The molecule has 0 aliphatic carbocycles. The zero-order chi connectivity index (χ0) is 27.9. The van der Waals surface area contributed by atoms with Crippen LogP contribution in [0.25, 0.3) is 11.2 Å². The summed E-state index contributed by atoms with van der Waals surface area (Å²) in [5, 5.41) is 0.805. The van der Waals surface area contributed by atoms with Crippen LogP contribution in [-0.2, 0) is 13.6 Å². The zero-order valence-corrected chi connectivity index (χ0v) is 25.4. The zero-order valence-electron chi connectivity index (χ0n) is 24.6. The molecule has 2 heterocycles. The molecule has 6 nitrogen and oxygen atoms in total. The van der Waals surface area contributed by atoms with Crippen molar-refractivity contribution in [2.24, 2.45) is 7.05 Å². The number of aromatic nitrogens is 4. The molecule has 0 saturated heterocycles. The van der Waals surface area contributed by atoms with E-state index in [0.29, 0.717) is 17.7 Å². The molecular formula is C32H50N4O2S. The highest BCUT2D eigenvalue weighted by molar-refractivity contribution is 7.99. The summed E-state index contributed by atoms with van der Waals surface area (Å²) in [6.45, 7) is 4.91. The van der Waals surface area contributed by atoms with Crippen LogP contribution in [-0.4, -0.2) is 24.9 Å². The maximum atomic E-state index is 12.7. The lowest BCUT2D eigenvalue weighted by Crippen LogP contribution is -2.29. The molecule has 0 amide bonds. The number of benzene rings is 1. The molecule has 0 bridgehead atoms. The van der Waals surface area contributed by atoms with Crippen LogP contribution in [0.4, 0.5) is 0 Å². The van der Waals surface area contributed by atoms with E-state index < -0.39 is 5.69 Å². The van der Waals surface area contributed by atoms with Gasteiger partial charge in [-0.2, -0.15) is 0 Å². The van der Waals surface area contributed by atoms with Crippen molar-refractivity contribution < 1.29 is 0 Å². The summed E-state index contributed by atoms with van der Waals surface area (Å²) >= 11 is 1.69. The SMILES string of the molecule is CCCCCCCCCCCCCCCCCCSc1nc2c(c(=O)[nH]c(=O)n2C)n1Cc1cccc(C)c1. The van der Waals surface area contributed by atoms with Crippen LogP contribution in [0.1, 0.15) is 121 Å². The van der Waals surface area contributed by atoms with Crippen molar-refractivity contribution in [3.63, 3.8) is 0 Å². The number of hydrogen-bond donors (Lipinski definition) is 1. The van der Waals surface area contributed by atoms with Crippen LogP contribution in [0.2, 0.25) is 0 Å². The van der Waals surface area contributed by atoms with Crippen molar-refractivity contribution in [3.05, 3.63) is 56.2 Å². The number of imidazole rings is 1. The Morgan fingerprint density at radius 2 is 1.38 bits per heavy atom. The van der Waals surface area contributed by atoms with Crippen LogP contribution in [0.15, 0.2) is 39.0 Å². The van der Waals surface area contributed by atoms with Crippen LogP contribution >= 0.6 is 11.8 Å². The summed E-state index contributed by atoms with van der Waals surface area (Å²) < 4.78 is 3.40. The molecule has 216 valence electrons. The minimum Gasteiger partial charge on any atom is -0.309 e. The molecule has 1 aromatic carbocycles. The highest BCUT2D eigenvalue weighted by Gasteiger charge is 2.18. The van der Waals surface area contributed by atoms with Crippen molar-refractivity contribution in [1.29, 1.82) is 0 Å². The van der Waals surface area contributed by atoms with Crippen LogP contribution in [0.3, 0.4) is 0 Å². The van der Waals surface area contributed by atoms with E-state index in [0.717, 1.165) is 22.9 Å². The van der Waals surface area contributed by atoms with Gasteiger partial charge in [0, 0.05) is 12.8 Å². The first-order valence-corrected chi connectivity index (χ1v) is 16.4. The smallest absolute Gasteiger partial charge is 0.309 e. The van der Waals surface area contributed by atoms with E-state index in [9.17, 15) is 9.59 Å². The largest absolute Gasteiger partial charge is 0.329 e. The molecule has 2 aromatic heterocycles. The number of rotatable bonds is 20. The molecular weight excluding hydrogens is 504 g/mol. The van der Waals surface area contributed by atoms with E-state index in [4.69, 9.17) is 4.98 Å². The number of hydrogen-bond acceptors (Lipinski definition) is 4. The first kappa shape index (κ1) is 31.3. The predicted octanol–water partition coefficient (Wildman–Crippen LogP) is 8.13. The Bertz CT molecular complexity index is 1240. The van der Waals surface area contributed by atoms with Gasteiger partial charge < -0.3 is 4.57 Å². The average molecular weight is 555 g/mol. The first-order valence-electron chi connectivity index (χ1n) is 15.4. The molecule has 0 aliphatic rings. The summed E-state index contributed by atoms with van der Waals surface area (Å²) in [6.07, 6.45) is 21.8. The predicted molar refractivity (Wildman–Crippen MR) is 166 cm³/mol. The third kappa shape index (κ3) is 10.3. The molecule has 3 rings (SSSR count). The fraction of sp³-hybridized carbons (Fsp3) is 0.656. The van der Waals surface area contributed by atoms with Crippen molar-refractivity contribution in [2.45, 2.75) is 128 Å². The monoisotopic (exact) mass is 554 g/mol. The van der Waals surface area contributed by atoms with E-state index in [1.54, 1.807) is 18.8 Å². The molecule has 0 fully saturated rings. The topological polar surface area (TPSA) is 72.7 Å². The van der Waals surface area contributed by atoms with Gasteiger partial charge >= 0.3 is 5.69 Å². The first-order chi connectivity index (χ1) is 19.0. The molecule has 39 heavy (non-hydrogen) atoms. The second-order valence-electron chi connectivity index (χ2n) is 11.1. The van der Waals surface area contributed by atoms with E-state index in [1.165, 1.54) is 106 Å². The Kier molecular flexibility index (Phi) is 14.0. The lowest BCUT2D eigenvalue weighted by molar-refractivity contribution is 0.531. The van der Waals surface area contributed by atoms with Crippen molar-refractivity contribution in [1.82, 2.24) is 19.1 Å². The molecule has 0 unspecified atom stereocenters. The second kappa shape index (κ2) is 17.4. The number of fused-ring (bicyclic) bond motifs is 1. The number of aromatic amines is 1. The van der Waals surface area contributed by atoms with Gasteiger partial charge in [-0.15, -0.1) is 0 Å². The molecule has 0 radical (unpaired) electrons. The average Bonchev–Trinajstić information content (AvgIpc) is 3.27. The summed E-state index contributed by atoms with van der Waals surface area (Å²) in [6, 6.07) is 8.30. The summed E-state index contributed by atoms with van der Waals surface area (Å²) in [4.78, 5) is 32.1. The van der Waals surface area contributed by atoms with Crippen LogP contribution < -0.4 is 11.2 Å². The van der Waals surface area contributed by atoms with Gasteiger partial charge in [-0.3, -0.25) is 14.3 Å². The van der Waals surface area contributed by atoms with Gasteiger partial charge in [-0.25, -0.2) is 9.78 Å². The number of H-pyrrole nitrogens is 1. The fourth-order valence-electron chi connectivity index (χ4n) is 5.28. The second-order valence-corrected chi connectivity index (χ2v) is 12.2. The highest BCUT2D eigenvalue weighted by Crippen LogP contribution is 2.24. The quantitative estimate of drug-likeness (QED) is 0.113. The molecule has 0 spiro atoms. The summed E-state index contributed by atoms with van der Waals surface area (Å²) in [7, 11) is 1.66. The third-order valence-corrected chi connectivity index (χ3v) is 8.69. The summed E-state index contributed by atoms with van der Waals surface area (Å²) in [5.74, 6) is 0.960. The minimum atomic E-state index is -0.429. The number of nitrogens with zero attached hydrogens (tertiary/aromatic N) is 3. The third-order valence-electron chi connectivity index (χ3n) is 7.62. The summed E-state index contributed by atoms with van der Waals surface area (Å²) in [5.41, 5.74) is 2.41. The number of nitrogens with one attached hydrogen (secondary N) is 1. The van der Waals surface area contributed by atoms with Crippen molar-refractivity contribution in [2.75, 3.05) is 5.75 Å². The number of thioether (sulfide) groups is 1. The van der Waals surface area contributed by atoms with Gasteiger partial charge in [-0.05, 0) is 18.9 Å². The molecule has 7 heteroatoms. The van der Waals surface area contributed by atoms with Gasteiger partial charge in [0.15, 0.2) is 16.3 Å². The fourth-order valence-corrected chi connectivity index (χ4v) is 6.27. The van der Waals surface area contributed by atoms with Gasteiger partial charge in [-0.1, -0.05) is 145 Å². The van der Waals surface area contributed by atoms with Crippen LogP contribution in [0, 0.1) is 6.92 Å². The Balaban J connectivity index is 1.37. The Morgan fingerprint density at radius 1 is 0.821 bits per heavy atom. The van der Waals surface area contributed by atoms with Crippen molar-refractivity contribution in [3.8, 4) is 0 Å². The van der Waals surface area contributed by atoms with E-state index in [1.807, 2.05) is 10.6 Å². The maximum absolute atomic E-state index is 12.7. The molecule has 0 saturated carbocycles. The van der Waals surface area contributed by atoms with Crippen LogP contribution in [0.5, 0.6) is 0 Å². The maximum Gasteiger partial charge on any atom is 0.329 e. The number of unbranched alkanes of at least 4 members (excludes halogenated alkanes) is 15. The van der Waals surface area contributed by atoms with E-state index in [2.05, 4.69) is 37.0 Å². The number of aryl methyl sites for hydroxylation is 2. The highest BCUT2D eigenvalue weighted by atomic mass is 32.2. The molecule has 3 aromatic rings. The standard InChI is InChI=1S/C32H50N4O2S/c1-4-5-6-7-8-9-10-11-12-13-14-15-16-17-18-19-23-39-32-33-29-28(30(37)34-31(38)35(29)3)36(32)25-27-22-20-21-26(2)24-27/h20-22,24H,4-19,23,25H2,1-3H3,(H,34,37,38). The van der Waals surface area contributed by atoms with Gasteiger partial charge in [0.25, 0.3) is 5.56 Å². The van der Waals surface area contributed by atoms with Gasteiger partial charge in [0.2, 0.25) is 0 Å². The lowest BCUT2D eigenvalue weighted by atomic mass is 10.0. The van der Waals surface area contributed by atoms with Gasteiger partial charge in [0.1, 0.15) is 0 Å². The normalized spacial score (nSPS) is 11.6. The molecule has 0 aliphatic heterocycles. The Hall–Kier alpha value is -2.28. The minimum absolute atomic E-state index is 0.373. The molecule has 1 N–H and O–H groups in total. The lowest BCUT2D eigenvalue weighted by Gasteiger charge is -2.09. The van der Waals surface area contributed by atoms with Crippen molar-refractivity contribution >= 4 is 22.9 Å². The van der Waals surface area contributed by atoms with E-state index >= 15 is 0 Å². The molecule has 0 atom stereocenters.